The Balaban J connectivity index is 2.92. The van der Waals surface area contributed by atoms with Gasteiger partial charge >= 0.3 is 0 Å². The number of hydrogen-bond acceptors (Lipinski definition) is 3. The molecule has 1 aromatic rings. The second-order valence-corrected chi connectivity index (χ2v) is 6.65. The number of sulfone groups is 1. The van der Waals surface area contributed by atoms with E-state index in [-0.39, 0.29) is 11.4 Å². The molecule has 0 spiro atoms. The highest BCUT2D eigenvalue weighted by Gasteiger charge is 2.26. The molecule has 4 nitrogen and oxygen atoms in total. The summed E-state index contributed by atoms with van der Waals surface area (Å²) >= 11 is 0. The predicted octanol–water partition coefficient (Wildman–Crippen LogP) is 1.90. The van der Waals surface area contributed by atoms with Crippen molar-refractivity contribution < 1.29 is 17.6 Å². The maximum Gasteiger partial charge on any atom is 0.242 e. The zero-order valence-electron chi connectivity index (χ0n) is 10.5. The topological polar surface area (TPSA) is 63.2 Å². The lowest BCUT2D eigenvalue weighted by Gasteiger charge is -2.13. The Kier molecular flexibility index (Phi) is 4.45. The van der Waals surface area contributed by atoms with E-state index >= 15 is 0 Å². The van der Waals surface area contributed by atoms with Gasteiger partial charge in [0, 0.05) is 11.4 Å². The normalized spacial score (nSPS) is 13.1. The SMILES string of the molecule is CCS(=O)(=O)[C@@H](C)C(=O)Nc1cc(F)ccc1C. The molecule has 0 aliphatic rings. The summed E-state index contributed by atoms with van der Waals surface area (Å²) in [7, 11) is -3.45. The largest absolute Gasteiger partial charge is 0.325 e. The lowest BCUT2D eigenvalue weighted by atomic mass is 10.2. The number of rotatable bonds is 4. The first-order chi connectivity index (χ1) is 8.27. The molecular weight excluding hydrogens is 257 g/mol. The summed E-state index contributed by atoms with van der Waals surface area (Å²) in [5, 5.41) is 1.29. The van der Waals surface area contributed by atoms with E-state index in [1.54, 1.807) is 6.92 Å². The van der Waals surface area contributed by atoms with Crippen LogP contribution in [0.4, 0.5) is 10.1 Å². The van der Waals surface area contributed by atoms with Crippen LogP contribution >= 0.6 is 0 Å². The summed E-state index contributed by atoms with van der Waals surface area (Å²) in [4.78, 5) is 11.8. The summed E-state index contributed by atoms with van der Waals surface area (Å²) in [6.45, 7) is 4.50. The molecule has 1 amide bonds. The van der Waals surface area contributed by atoms with Crippen molar-refractivity contribution in [2.45, 2.75) is 26.0 Å². The average molecular weight is 273 g/mol. The third kappa shape index (κ3) is 3.29. The molecule has 100 valence electrons. The van der Waals surface area contributed by atoms with Gasteiger partial charge in [0.1, 0.15) is 11.1 Å². The lowest BCUT2D eigenvalue weighted by molar-refractivity contribution is -0.115. The number of halogens is 1. The van der Waals surface area contributed by atoms with Crippen LogP contribution in [-0.4, -0.2) is 25.3 Å². The molecule has 0 aromatic heterocycles. The van der Waals surface area contributed by atoms with Gasteiger partial charge in [0.05, 0.1) is 0 Å². The number of carbonyl (C=O) groups excluding carboxylic acids is 1. The molecule has 0 aliphatic heterocycles. The number of benzene rings is 1. The highest BCUT2D eigenvalue weighted by atomic mass is 32.2. The summed E-state index contributed by atoms with van der Waals surface area (Å²) in [5.74, 6) is -1.24. The van der Waals surface area contributed by atoms with E-state index in [4.69, 9.17) is 0 Å². The van der Waals surface area contributed by atoms with Crippen molar-refractivity contribution >= 4 is 21.4 Å². The number of nitrogens with one attached hydrogen (secondary N) is 1. The van der Waals surface area contributed by atoms with E-state index in [2.05, 4.69) is 5.32 Å². The van der Waals surface area contributed by atoms with Crippen molar-refractivity contribution in [2.75, 3.05) is 11.1 Å². The molecule has 0 saturated heterocycles. The molecule has 0 saturated carbocycles. The second kappa shape index (κ2) is 5.48. The van der Waals surface area contributed by atoms with Gasteiger partial charge in [-0.15, -0.1) is 0 Å². The fraction of sp³-hybridized carbons (Fsp3) is 0.417. The molecule has 18 heavy (non-hydrogen) atoms. The van der Waals surface area contributed by atoms with Gasteiger partial charge in [-0.1, -0.05) is 13.0 Å². The minimum absolute atomic E-state index is 0.107. The maximum atomic E-state index is 13.0. The van der Waals surface area contributed by atoms with E-state index < -0.39 is 26.8 Å². The molecule has 1 N–H and O–H groups in total. The van der Waals surface area contributed by atoms with Crippen molar-refractivity contribution in [3.05, 3.63) is 29.6 Å². The standard InChI is InChI=1S/C12H16FNO3S/c1-4-18(16,17)9(3)12(15)14-11-7-10(13)6-5-8(11)2/h5-7,9H,4H2,1-3H3,(H,14,15)/t9-/m0/s1. The van der Waals surface area contributed by atoms with Gasteiger partial charge in [0.15, 0.2) is 9.84 Å². The molecule has 0 radical (unpaired) electrons. The summed E-state index contributed by atoms with van der Waals surface area (Å²) in [6.07, 6.45) is 0. The molecule has 0 unspecified atom stereocenters. The zero-order chi connectivity index (χ0) is 13.9. The van der Waals surface area contributed by atoms with Crippen LogP contribution < -0.4 is 5.32 Å². The third-order valence-electron chi connectivity index (χ3n) is 2.77. The van der Waals surface area contributed by atoms with Crippen LogP contribution in [0.25, 0.3) is 0 Å². The number of carbonyl (C=O) groups is 1. The van der Waals surface area contributed by atoms with Crippen LogP contribution in [-0.2, 0) is 14.6 Å². The van der Waals surface area contributed by atoms with E-state index in [1.165, 1.54) is 32.0 Å². The third-order valence-corrected chi connectivity index (χ3v) is 4.86. The molecule has 1 rings (SSSR count). The van der Waals surface area contributed by atoms with Crippen LogP contribution in [0.3, 0.4) is 0 Å². The first-order valence-corrected chi connectivity index (χ1v) is 7.28. The smallest absolute Gasteiger partial charge is 0.242 e. The Morgan fingerprint density at radius 2 is 2.06 bits per heavy atom. The van der Waals surface area contributed by atoms with Gasteiger partial charge in [-0.25, -0.2) is 12.8 Å². The maximum absolute atomic E-state index is 13.0. The molecule has 0 bridgehead atoms. The fourth-order valence-electron chi connectivity index (χ4n) is 1.38. The van der Waals surface area contributed by atoms with Gasteiger partial charge in [-0.05, 0) is 31.5 Å². The van der Waals surface area contributed by atoms with Gasteiger partial charge in [0.25, 0.3) is 0 Å². The Morgan fingerprint density at radius 1 is 1.44 bits per heavy atom. The molecule has 0 fully saturated rings. The quantitative estimate of drug-likeness (QED) is 0.911. The van der Waals surface area contributed by atoms with Gasteiger partial charge in [-0.2, -0.15) is 0 Å². The van der Waals surface area contributed by atoms with Gasteiger partial charge in [-0.3, -0.25) is 4.79 Å². The number of amides is 1. The van der Waals surface area contributed by atoms with Gasteiger partial charge in [0.2, 0.25) is 5.91 Å². The van der Waals surface area contributed by atoms with Crippen LogP contribution in [0.2, 0.25) is 0 Å². The second-order valence-electron chi connectivity index (χ2n) is 4.04. The molecule has 1 aromatic carbocycles. The average Bonchev–Trinajstić information content (AvgIpc) is 2.32. The van der Waals surface area contributed by atoms with Crippen molar-refractivity contribution in [3.8, 4) is 0 Å². The van der Waals surface area contributed by atoms with Crippen LogP contribution in [0.15, 0.2) is 18.2 Å². The summed E-state index contributed by atoms with van der Waals surface area (Å²) < 4.78 is 36.1. The van der Waals surface area contributed by atoms with Gasteiger partial charge < -0.3 is 5.32 Å². The highest BCUT2D eigenvalue weighted by Crippen LogP contribution is 2.17. The first-order valence-electron chi connectivity index (χ1n) is 5.56. The Morgan fingerprint density at radius 3 is 2.61 bits per heavy atom. The van der Waals surface area contributed by atoms with Crippen LogP contribution in [0.5, 0.6) is 0 Å². The Hall–Kier alpha value is -1.43. The molecule has 1 atom stereocenters. The number of anilines is 1. The molecule has 0 heterocycles. The highest BCUT2D eigenvalue weighted by molar-refractivity contribution is 7.92. The minimum Gasteiger partial charge on any atom is -0.325 e. The van der Waals surface area contributed by atoms with Crippen LogP contribution in [0, 0.1) is 12.7 Å². The fourth-order valence-corrected chi connectivity index (χ4v) is 2.26. The Labute approximate surface area is 106 Å². The lowest BCUT2D eigenvalue weighted by Crippen LogP contribution is -2.33. The van der Waals surface area contributed by atoms with E-state index in [9.17, 15) is 17.6 Å². The van der Waals surface area contributed by atoms with Crippen LogP contribution in [0.1, 0.15) is 19.4 Å². The predicted molar refractivity (Wildman–Crippen MR) is 68.7 cm³/mol. The van der Waals surface area contributed by atoms with Crippen molar-refractivity contribution in [3.63, 3.8) is 0 Å². The monoisotopic (exact) mass is 273 g/mol. The number of hydrogen-bond donors (Lipinski definition) is 1. The Bertz CT molecular complexity index is 554. The summed E-state index contributed by atoms with van der Waals surface area (Å²) in [6, 6.07) is 3.96. The molecule has 0 aliphatic carbocycles. The first kappa shape index (κ1) is 14.6. The van der Waals surface area contributed by atoms with Crippen molar-refractivity contribution in [1.82, 2.24) is 0 Å². The molecule has 6 heteroatoms. The number of aryl methyl sites for hydroxylation is 1. The summed E-state index contributed by atoms with van der Waals surface area (Å²) in [5.41, 5.74) is 0.962. The van der Waals surface area contributed by atoms with E-state index in [0.717, 1.165) is 0 Å². The zero-order valence-corrected chi connectivity index (χ0v) is 11.3. The van der Waals surface area contributed by atoms with Crippen molar-refractivity contribution in [2.24, 2.45) is 0 Å². The molecular formula is C12H16FNO3S. The van der Waals surface area contributed by atoms with E-state index in [1.807, 2.05) is 0 Å². The minimum atomic E-state index is -3.45. The van der Waals surface area contributed by atoms with E-state index in [0.29, 0.717) is 5.56 Å². The van der Waals surface area contributed by atoms with Crippen molar-refractivity contribution in [1.29, 1.82) is 0 Å².